The molecule has 3 heteroatoms. The van der Waals surface area contributed by atoms with Crippen molar-refractivity contribution >= 4 is 0 Å². The number of ether oxygens (including phenoxy) is 1. The first kappa shape index (κ1) is 14.5. The Balaban J connectivity index is 2.50. The SMILES string of the molecule is CCNC(C)c1ccc(F)cc1-c1cccc(OC)c1. The van der Waals surface area contributed by atoms with Gasteiger partial charge in [0.2, 0.25) is 0 Å². The van der Waals surface area contributed by atoms with Gasteiger partial charge in [0.25, 0.3) is 0 Å². The van der Waals surface area contributed by atoms with E-state index in [9.17, 15) is 4.39 Å². The van der Waals surface area contributed by atoms with Crippen molar-refractivity contribution in [3.8, 4) is 16.9 Å². The fraction of sp³-hybridized carbons (Fsp3) is 0.294. The lowest BCUT2D eigenvalue weighted by Gasteiger charge is -2.18. The third-order valence-electron chi connectivity index (χ3n) is 3.37. The summed E-state index contributed by atoms with van der Waals surface area (Å²) in [5.41, 5.74) is 2.95. The second-order valence-corrected chi connectivity index (χ2v) is 4.74. The topological polar surface area (TPSA) is 21.3 Å². The largest absolute Gasteiger partial charge is 0.497 e. The molecule has 2 aromatic rings. The Labute approximate surface area is 119 Å². The van der Waals surface area contributed by atoms with Gasteiger partial charge in [0.05, 0.1) is 7.11 Å². The number of rotatable bonds is 5. The van der Waals surface area contributed by atoms with Crippen molar-refractivity contribution in [3.05, 3.63) is 53.8 Å². The van der Waals surface area contributed by atoms with Crippen LogP contribution in [0.1, 0.15) is 25.5 Å². The molecular weight excluding hydrogens is 253 g/mol. The monoisotopic (exact) mass is 273 g/mol. The minimum atomic E-state index is -0.227. The Kier molecular flexibility index (Phi) is 4.74. The molecule has 0 saturated heterocycles. The molecule has 1 atom stereocenters. The van der Waals surface area contributed by atoms with Crippen molar-refractivity contribution in [2.45, 2.75) is 19.9 Å². The molecule has 1 N–H and O–H groups in total. The van der Waals surface area contributed by atoms with Gasteiger partial charge in [-0.05, 0) is 54.4 Å². The molecule has 106 valence electrons. The first-order valence-corrected chi connectivity index (χ1v) is 6.83. The fourth-order valence-corrected chi connectivity index (χ4v) is 2.36. The summed E-state index contributed by atoms with van der Waals surface area (Å²) in [4.78, 5) is 0. The minimum Gasteiger partial charge on any atom is -0.497 e. The molecular formula is C17H20FNO. The molecule has 0 amide bonds. The van der Waals surface area contributed by atoms with Crippen LogP contribution in [-0.4, -0.2) is 13.7 Å². The van der Waals surface area contributed by atoms with Gasteiger partial charge in [0, 0.05) is 6.04 Å². The zero-order chi connectivity index (χ0) is 14.5. The van der Waals surface area contributed by atoms with E-state index < -0.39 is 0 Å². The van der Waals surface area contributed by atoms with E-state index in [1.165, 1.54) is 6.07 Å². The van der Waals surface area contributed by atoms with Crippen LogP contribution in [0.5, 0.6) is 5.75 Å². The van der Waals surface area contributed by atoms with Crippen LogP contribution in [-0.2, 0) is 0 Å². The molecule has 2 aromatic carbocycles. The van der Waals surface area contributed by atoms with E-state index in [2.05, 4.69) is 19.2 Å². The molecule has 0 aliphatic heterocycles. The van der Waals surface area contributed by atoms with Crippen molar-refractivity contribution < 1.29 is 9.13 Å². The summed E-state index contributed by atoms with van der Waals surface area (Å²) < 4.78 is 18.9. The van der Waals surface area contributed by atoms with Gasteiger partial charge in [-0.1, -0.05) is 25.1 Å². The van der Waals surface area contributed by atoms with Crippen LogP contribution in [0.25, 0.3) is 11.1 Å². The molecule has 1 unspecified atom stereocenters. The summed E-state index contributed by atoms with van der Waals surface area (Å²) in [6.07, 6.45) is 0. The molecule has 0 aliphatic rings. The maximum atomic E-state index is 13.6. The summed E-state index contributed by atoms with van der Waals surface area (Å²) >= 11 is 0. The van der Waals surface area contributed by atoms with Crippen molar-refractivity contribution in [2.24, 2.45) is 0 Å². The van der Waals surface area contributed by atoms with Gasteiger partial charge in [-0.2, -0.15) is 0 Å². The van der Waals surface area contributed by atoms with Gasteiger partial charge >= 0.3 is 0 Å². The second-order valence-electron chi connectivity index (χ2n) is 4.74. The Bertz CT molecular complexity index is 583. The number of nitrogens with one attached hydrogen (secondary N) is 1. The van der Waals surface area contributed by atoms with E-state index in [1.807, 2.05) is 30.3 Å². The van der Waals surface area contributed by atoms with E-state index in [0.717, 1.165) is 29.0 Å². The van der Waals surface area contributed by atoms with Crippen LogP contribution in [0, 0.1) is 5.82 Å². The number of hydrogen-bond donors (Lipinski definition) is 1. The highest BCUT2D eigenvalue weighted by Crippen LogP contribution is 2.31. The smallest absolute Gasteiger partial charge is 0.123 e. The standard InChI is InChI=1S/C17H20FNO/c1-4-19-12(2)16-9-8-14(18)11-17(16)13-6-5-7-15(10-13)20-3/h5-12,19H,4H2,1-3H3. The van der Waals surface area contributed by atoms with E-state index in [-0.39, 0.29) is 11.9 Å². The van der Waals surface area contributed by atoms with Gasteiger partial charge in [0.15, 0.2) is 0 Å². The van der Waals surface area contributed by atoms with Crippen molar-refractivity contribution in [2.75, 3.05) is 13.7 Å². The summed E-state index contributed by atoms with van der Waals surface area (Å²) in [5, 5.41) is 3.37. The first-order chi connectivity index (χ1) is 9.65. The highest BCUT2D eigenvalue weighted by Gasteiger charge is 2.12. The molecule has 0 saturated carbocycles. The molecule has 0 aromatic heterocycles. The summed E-state index contributed by atoms with van der Waals surface area (Å²) in [6.45, 7) is 5.02. The minimum absolute atomic E-state index is 0.168. The first-order valence-electron chi connectivity index (χ1n) is 6.83. The molecule has 0 fully saturated rings. The molecule has 0 bridgehead atoms. The van der Waals surface area contributed by atoms with Gasteiger partial charge in [0.1, 0.15) is 11.6 Å². The van der Waals surface area contributed by atoms with Crippen molar-refractivity contribution in [3.63, 3.8) is 0 Å². The molecule has 0 radical (unpaired) electrons. The maximum Gasteiger partial charge on any atom is 0.123 e. The molecule has 2 rings (SSSR count). The van der Waals surface area contributed by atoms with Crippen molar-refractivity contribution in [1.82, 2.24) is 5.32 Å². The number of hydrogen-bond acceptors (Lipinski definition) is 2. The Morgan fingerprint density at radius 2 is 2.00 bits per heavy atom. The fourth-order valence-electron chi connectivity index (χ4n) is 2.36. The summed E-state index contributed by atoms with van der Waals surface area (Å²) in [7, 11) is 1.63. The van der Waals surface area contributed by atoms with Crippen LogP contribution in [0.4, 0.5) is 4.39 Å². The van der Waals surface area contributed by atoms with E-state index >= 15 is 0 Å². The van der Waals surface area contributed by atoms with Crippen LogP contribution >= 0.6 is 0 Å². The average molecular weight is 273 g/mol. The van der Waals surface area contributed by atoms with Gasteiger partial charge in [-0.15, -0.1) is 0 Å². The molecule has 0 spiro atoms. The Morgan fingerprint density at radius 3 is 2.70 bits per heavy atom. The highest BCUT2D eigenvalue weighted by molar-refractivity contribution is 5.69. The molecule has 0 heterocycles. The average Bonchev–Trinajstić information content (AvgIpc) is 2.47. The zero-order valence-corrected chi connectivity index (χ0v) is 12.1. The van der Waals surface area contributed by atoms with E-state index in [0.29, 0.717) is 0 Å². The van der Waals surface area contributed by atoms with E-state index in [1.54, 1.807) is 13.2 Å². The van der Waals surface area contributed by atoms with Crippen LogP contribution < -0.4 is 10.1 Å². The zero-order valence-electron chi connectivity index (χ0n) is 12.1. The Morgan fingerprint density at radius 1 is 1.20 bits per heavy atom. The number of halogens is 1. The van der Waals surface area contributed by atoms with Gasteiger partial charge < -0.3 is 10.1 Å². The van der Waals surface area contributed by atoms with Gasteiger partial charge in [-0.25, -0.2) is 4.39 Å². The van der Waals surface area contributed by atoms with E-state index in [4.69, 9.17) is 4.74 Å². The lowest BCUT2D eigenvalue weighted by molar-refractivity contribution is 0.415. The normalized spacial score (nSPS) is 12.2. The van der Waals surface area contributed by atoms with Crippen LogP contribution in [0.15, 0.2) is 42.5 Å². The predicted molar refractivity (Wildman–Crippen MR) is 80.5 cm³/mol. The number of benzene rings is 2. The quantitative estimate of drug-likeness (QED) is 0.882. The summed E-state index contributed by atoms with van der Waals surface area (Å²) in [6, 6.07) is 12.8. The molecule has 2 nitrogen and oxygen atoms in total. The third kappa shape index (κ3) is 3.17. The third-order valence-corrected chi connectivity index (χ3v) is 3.37. The van der Waals surface area contributed by atoms with Crippen LogP contribution in [0.3, 0.4) is 0 Å². The lowest BCUT2D eigenvalue weighted by Crippen LogP contribution is -2.18. The highest BCUT2D eigenvalue weighted by atomic mass is 19.1. The number of methoxy groups -OCH3 is 1. The predicted octanol–water partition coefficient (Wildman–Crippen LogP) is 4.17. The van der Waals surface area contributed by atoms with Crippen LogP contribution in [0.2, 0.25) is 0 Å². The maximum absolute atomic E-state index is 13.6. The lowest BCUT2D eigenvalue weighted by atomic mass is 9.95. The van der Waals surface area contributed by atoms with Gasteiger partial charge in [-0.3, -0.25) is 0 Å². The van der Waals surface area contributed by atoms with Crippen molar-refractivity contribution in [1.29, 1.82) is 0 Å². The molecule has 0 aliphatic carbocycles. The Hall–Kier alpha value is -1.87. The second kappa shape index (κ2) is 6.53. The molecule has 20 heavy (non-hydrogen) atoms. The summed E-state index contributed by atoms with van der Waals surface area (Å²) in [5.74, 6) is 0.545.